The molecule has 2 heterocycles. The van der Waals surface area contributed by atoms with Crippen molar-refractivity contribution in [3.63, 3.8) is 0 Å². The average Bonchev–Trinajstić information content (AvgIpc) is 2.57. The lowest BCUT2D eigenvalue weighted by Crippen LogP contribution is -2.36. The quantitative estimate of drug-likeness (QED) is 0.776. The fourth-order valence-electron chi connectivity index (χ4n) is 1.70. The second kappa shape index (κ2) is 4.26. The normalized spacial score (nSPS) is 23.5. The van der Waals surface area contributed by atoms with Crippen molar-refractivity contribution in [3.05, 3.63) is 44.9 Å². The van der Waals surface area contributed by atoms with E-state index >= 15 is 0 Å². The standard InChI is InChI=1S/C10H9F3N2O4/c1-4-6(16)2-7(19-4)15-3-5(10(11,12)13)8(17)14-9(15)18/h3,6-7,16H,1-2H2,(H,14,17,18)/t6-,7+/m0/s1. The molecule has 104 valence electrons. The molecule has 1 saturated heterocycles. The summed E-state index contributed by atoms with van der Waals surface area (Å²) in [5.41, 5.74) is -4.08. The zero-order chi connectivity index (χ0) is 14.4. The molecule has 2 atom stereocenters. The van der Waals surface area contributed by atoms with Crippen LogP contribution < -0.4 is 11.2 Å². The molecule has 0 amide bonds. The second-order valence-corrected chi connectivity index (χ2v) is 4.00. The van der Waals surface area contributed by atoms with Gasteiger partial charge in [0.2, 0.25) is 0 Å². The molecule has 0 saturated carbocycles. The Morgan fingerprint density at radius 3 is 2.58 bits per heavy atom. The highest BCUT2D eigenvalue weighted by atomic mass is 19.4. The van der Waals surface area contributed by atoms with Crippen LogP contribution in [0.4, 0.5) is 13.2 Å². The van der Waals surface area contributed by atoms with Gasteiger partial charge in [-0.3, -0.25) is 14.3 Å². The molecule has 0 spiro atoms. The van der Waals surface area contributed by atoms with Crippen LogP contribution in [0.5, 0.6) is 0 Å². The van der Waals surface area contributed by atoms with Crippen molar-refractivity contribution in [2.45, 2.75) is 24.9 Å². The monoisotopic (exact) mass is 278 g/mol. The number of ether oxygens (including phenoxy) is 1. The number of nitrogens with zero attached hydrogens (tertiary/aromatic N) is 1. The van der Waals surface area contributed by atoms with Crippen molar-refractivity contribution in [2.75, 3.05) is 0 Å². The minimum atomic E-state index is -4.89. The molecule has 0 unspecified atom stereocenters. The predicted molar refractivity (Wildman–Crippen MR) is 56.2 cm³/mol. The summed E-state index contributed by atoms with van der Waals surface area (Å²) in [6, 6.07) is 0. The van der Waals surface area contributed by atoms with Gasteiger partial charge in [0, 0.05) is 12.6 Å². The summed E-state index contributed by atoms with van der Waals surface area (Å²) in [5, 5.41) is 9.37. The van der Waals surface area contributed by atoms with E-state index in [4.69, 9.17) is 4.74 Å². The topological polar surface area (TPSA) is 84.3 Å². The van der Waals surface area contributed by atoms with Gasteiger partial charge < -0.3 is 9.84 Å². The molecule has 0 radical (unpaired) electrons. The van der Waals surface area contributed by atoms with Crippen LogP contribution in [0.15, 0.2) is 28.1 Å². The third-order valence-electron chi connectivity index (χ3n) is 2.67. The molecule has 1 aliphatic heterocycles. The van der Waals surface area contributed by atoms with E-state index in [0.29, 0.717) is 10.8 Å². The maximum absolute atomic E-state index is 12.6. The van der Waals surface area contributed by atoms with E-state index in [1.54, 1.807) is 4.98 Å². The molecular formula is C10H9F3N2O4. The highest BCUT2D eigenvalue weighted by Gasteiger charge is 2.37. The SMILES string of the molecule is C=C1O[C@@H](n2cc(C(F)(F)F)c(=O)[nH]c2=O)C[C@@H]1O. The van der Waals surface area contributed by atoms with Crippen molar-refractivity contribution in [2.24, 2.45) is 0 Å². The fraction of sp³-hybridized carbons (Fsp3) is 0.400. The predicted octanol–water partition coefficient (Wildman–Crippen LogP) is 0.349. The Labute approximate surface area is 103 Å². The van der Waals surface area contributed by atoms with Gasteiger partial charge in [0.1, 0.15) is 17.4 Å². The van der Waals surface area contributed by atoms with Crippen LogP contribution in [-0.4, -0.2) is 20.8 Å². The summed E-state index contributed by atoms with van der Waals surface area (Å²) in [6.07, 6.45) is -6.85. The number of hydrogen-bond donors (Lipinski definition) is 2. The first-order valence-electron chi connectivity index (χ1n) is 5.16. The molecule has 2 N–H and O–H groups in total. The number of H-pyrrole nitrogens is 1. The zero-order valence-electron chi connectivity index (χ0n) is 9.40. The van der Waals surface area contributed by atoms with Crippen LogP contribution in [0, 0.1) is 0 Å². The van der Waals surface area contributed by atoms with Crippen molar-refractivity contribution in [3.8, 4) is 0 Å². The van der Waals surface area contributed by atoms with Gasteiger partial charge in [-0.2, -0.15) is 13.2 Å². The van der Waals surface area contributed by atoms with E-state index in [-0.39, 0.29) is 12.2 Å². The number of aliphatic hydroxyl groups excluding tert-OH is 1. The van der Waals surface area contributed by atoms with Crippen molar-refractivity contribution < 1.29 is 23.0 Å². The van der Waals surface area contributed by atoms with Gasteiger partial charge in [0.05, 0.1) is 0 Å². The number of aliphatic hydroxyl groups is 1. The molecular weight excluding hydrogens is 269 g/mol. The summed E-state index contributed by atoms with van der Waals surface area (Å²) in [4.78, 5) is 24.1. The Morgan fingerprint density at radius 1 is 1.47 bits per heavy atom. The first-order valence-corrected chi connectivity index (χ1v) is 5.16. The molecule has 19 heavy (non-hydrogen) atoms. The van der Waals surface area contributed by atoms with Gasteiger partial charge in [-0.15, -0.1) is 0 Å². The molecule has 1 aromatic rings. The Morgan fingerprint density at radius 2 is 2.11 bits per heavy atom. The summed E-state index contributed by atoms with van der Waals surface area (Å²) < 4.78 is 43.2. The van der Waals surface area contributed by atoms with Crippen molar-refractivity contribution >= 4 is 0 Å². The molecule has 0 aromatic carbocycles. The average molecular weight is 278 g/mol. The van der Waals surface area contributed by atoms with Crippen LogP contribution in [0.2, 0.25) is 0 Å². The van der Waals surface area contributed by atoms with Crippen molar-refractivity contribution in [1.29, 1.82) is 0 Å². The first kappa shape index (κ1) is 13.4. The highest BCUT2D eigenvalue weighted by molar-refractivity contribution is 5.10. The largest absolute Gasteiger partial charge is 0.472 e. The fourth-order valence-corrected chi connectivity index (χ4v) is 1.70. The lowest BCUT2D eigenvalue weighted by Gasteiger charge is -2.15. The zero-order valence-corrected chi connectivity index (χ0v) is 9.40. The van der Waals surface area contributed by atoms with Gasteiger partial charge in [0.25, 0.3) is 5.56 Å². The first-order chi connectivity index (χ1) is 8.70. The molecule has 1 aromatic heterocycles. The molecule has 0 aliphatic carbocycles. The van der Waals surface area contributed by atoms with E-state index in [2.05, 4.69) is 6.58 Å². The van der Waals surface area contributed by atoms with Gasteiger partial charge >= 0.3 is 11.9 Å². The molecule has 2 rings (SSSR count). The summed E-state index contributed by atoms with van der Waals surface area (Å²) in [5.74, 6) is -0.0448. The van der Waals surface area contributed by atoms with Gasteiger partial charge in [-0.25, -0.2) is 4.79 Å². The maximum Gasteiger partial charge on any atom is 0.423 e. The Balaban J connectivity index is 2.51. The van der Waals surface area contributed by atoms with Crippen molar-refractivity contribution in [1.82, 2.24) is 9.55 Å². The number of halogens is 3. The lowest BCUT2D eigenvalue weighted by molar-refractivity contribution is -0.139. The number of rotatable bonds is 1. The van der Waals surface area contributed by atoms with E-state index in [1.165, 1.54) is 0 Å². The third kappa shape index (κ3) is 2.41. The Bertz CT molecular complexity index is 631. The van der Waals surface area contributed by atoms with Gasteiger partial charge in [0.15, 0.2) is 6.23 Å². The van der Waals surface area contributed by atoms with Crippen LogP contribution in [0.1, 0.15) is 18.2 Å². The van der Waals surface area contributed by atoms with E-state index in [9.17, 15) is 27.9 Å². The maximum atomic E-state index is 12.6. The Kier molecular flexibility index (Phi) is 3.01. The van der Waals surface area contributed by atoms with Gasteiger partial charge in [-0.05, 0) is 0 Å². The van der Waals surface area contributed by atoms with E-state index < -0.39 is 35.3 Å². The minimum absolute atomic E-state index is 0.0448. The highest BCUT2D eigenvalue weighted by Crippen LogP contribution is 2.31. The summed E-state index contributed by atoms with van der Waals surface area (Å²) >= 11 is 0. The van der Waals surface area contributed by atoms with Gasteiger partial charge in [-0.1, -0.05) is 6.58 Å². The number of aromatic amines is 1. The second-order valence-electron chi connectivity index (χ2n) is 4.00. The molecule has 1 fully saturated rings. The Hall–Kier alpha value is -2.03. The molecule has 0 bridgehead atoms. The molecule has 1 aliphatic rings. The summed E-state index contributed by atoms with van der Waals surface area (Å²) in [7, 11) is 0. The van der Waals surface area contributed by atoms with Crippen LogP contribution in [-0.2, 0) is 10.9 Å². The van der Waals surface area contributed by atoms with Crippen LogP contribution in [0.3, 0.4) is 0 Å². The van der Waals surface area contributed by atoms with E-state index in [1.807, 2.05) is 0 Å². The smallest absolute Gasteiger partial charge is 0.423 e. The number of nitrogens with one attached hydrogen (secondary N) is 1. The molecule has 9 heteroatoms. The number of alkyl halides is 3. The van der Waals surface area contributed by atoms with Crippen LogP contribution in [0.25, 0.3) is 0 Å². The minimum Gasteiger partial charge on any atom is -0.472 e. The number of aromatic nitrogens is 2. The van der Waals surface area contributed by atoms with E-state index in [0.717, 1.165) is 0 Å². The van der Waals surface area contributed by atoms with Crippen LogP contribution >= 0.6 is 0 Å². The summed E-state index contributed by atoms with van der Waals surface area (Å²) in [6.45, 7) is 3.35. The molecule has 6 nitrogen and oxygen atoms in total. The third-order valence-corrected chi connectivity index (χ3v) is 2.67. The number of hydrogen-bond acceptors (Lipinski definition) is 4. The lowest BCUT2D eigenvalue weighted by atomic mass is 10.2.